The molecule has 5 nitrogen and oxygen atoms in total. The maximum atomic E-state index is 12.8. The Morgan fingerprint density at radius 1 is 1.40 bits per heavy atom. The Morgan fingerprint density at radius 2 is 2.05 bits per heavy atom. The van der Waals surface area contributed by atoms with E-state index in [2.05, 4.69) is 15.9 Å². The number of alkyl halides is 3. The first-order valence-electron chi connectivity index (χ1n) is 5.53. The number of rotatable bonds is 2. The fourth-order valence-electron chi connectivity index (χ4n) is 2.16. The Kier molecular flexibility index (Phi) is 3.81. The van der Waals surface area contributed by atoms with Crippen molar-refractivity contribution in [3.63, 3.8) is 0 Å². The second-order valence-corrected chi connectivity index (χ2v) is 5.22. The summed E-state index contributed by atoms with van der Waals surface area (Å²) in [7, 11) is 0. The summed E-state index contributed by atoms with van der Waals surface area (Å²) in [6, 6.07) is 1.32. The highest BCUT2D eigenvalue weighted by molar-refractivity contribution is 9.10. The van der Waals surface area contributed by atoms with Gasteiger partial charge in [0.25, 0.3) is 5.91 Å². The van der Waals surface area contributed by atoms with E-state index in [9.17, 15) is 22.8 Å². The summed E-state index contributed by atoms with van der Waals surface area (Å²) in [6.45, 7) is -1.14. The summed E-state index contributed by atoms with van der Waals surface area (Å²) in [5.41, 5.74) is 0.0730. The van der Waals surface area contributed by atoms with Crippen LogP contribution in [-0.2, 0) is 4.79 Å². The Morgan fingerprint density at radius 3 is 2.45 bits per heavy atom. The van der Waals surface area contributed by atoms with Gasteiger partial charge in [0.15, 0.2) is 4.67 Å². The molecule has 1 aliphatic rings. The smallest absolute Gasteiger partial charge is 0.394 e. The highest BCUT2D eigenvalue weighted by atomic mass is 79.9. The van der Waals surface area contributed by atoms with Crippen molar-refractivity contribution in [3.8, 4) is 0 Å². The van der Waals surface area contributed by atoms with E-state index in [-0.39, 0.29) is 10.2 Å². The fraction of sp³-hybridized carbons (Fsp3) is 0.455. The molecule has 2 atom stereocenters. The second kappa shape index (κ2) is 5.12. The maximum Gasteiger partial charge on any atom is 0.394 e. The first-order chi connectivity index (χ1) is 9.20. The van der Waals surface area contributed by atoms with E-state index in [0.717, 1.165) is 11.2 Å². The van der Waals surface area contributed by atoms with Crippen molar-refractivity contribution in [2.24, 2.45) is 11.8 Å². The normalized spacial score (nSPS) is 23.1. The van der Waals surface area contributed by atoms with E-state index in [4.69, 9.17) is 9.52 Å². The number of furan rings is 1. The molecule has 1 amide bonds. The summed E-state index contributed by atoms with van der Waals surface area (Å²) in [6.07, 6.45) is -3.56. The molecule has 1 saturated heterocycles. The predicted molar refractivity (Wildman–Crippen MR) is 63.0 cm³/mol. The van der Waals surface area contributed by atoms with Crippen LogP contribution in [0.5, 0.6) is 0 Å². The van der Waals surface area contributed by atoms with Crippen LogP contribution < -0.4 is 0 Å². The molecule has 0 saturated carbocycles. The fourth-order valence-corrected chi connectivity index (χ4v) is 2.50. The number of aliphatic carboxylic acids is 1. The zero-order valence-corrected chi connectivity index (χ0v) is 11.4. The highest BCUT2D eigenvalue weighted by Crippen LogP contribution is 2.38. The van der Waals surface area contributed by atoms with Crippen LogP contribution >= 0.6 is 15.9 Å². The van der Waals surface area contributed by atoms with Crippen LogP contribution in [0.25, 0.3) is 0 Å². The molecule has 0 spiro atoms. The van der Waals surface area contributed by atoms with Crippen LogP contribution in [-0.4, -0.2) is 41.1 Å². The van der Waals surface area contributed by atoms with Gasteiger partial charge in [-0.2, -0.15) is 13.2 Å². The molecule has 1 aromatic heterocycles. The lowest BCUT2D eigenvalue weighted by Crippen LogP contribution is -2.34. The number of carboxylic acids is 1. The number of carbonyl (C=O) groups is 2. The summed E-state index contributed by atoms with van der Waals surface area (Å²) >= 11 is 2.98. The van der Waals surface area contributed by atoms with Crippen molar-refractivity contribution in [1.29, 1.82) is 0 Å². The lowest BCUT2D eigenvalue weighted by atomic mass is 9.96. The van der Waals surface area contributed by atoms with Crippen LogP contribution in [0.15, 0.2) is 21.4 Å². The molecule has 0 radical (unpaired) electrons. The number of halogens is 4. The lowest BCUT2D eigenvalue weighted by molar-refractivity contribution is -0.187. The van der Waals surface area contributed by atoms with Crippen LogP contribution in [0.1, 0.15) is 10.4 Å². The van der Waals surface area contributed by atoms with Crippen LogP contribution in [0.2, 0.25) is 0 Å². The molecule has 1 aliphatic heterocycles. The van der Waals surface area contributed by atoms with E-state index < -0.39 is 43.0 Å². The van der Waals surface area contributed by atoms with Gasteiger partial charge < -0.3 is 14.4 Å². The lowest BCUT2D eigenvalue weighted by Gasteiger charge is -2.18. The summed E-state index contributed by atoms with van der Waals surface area (Å²) in [4.78, 5) is 23.8. The van der Waals surface area contributed by atoms with Gasteiger partial charge in [-0.1, -0.05) is 0 Å². The molecule has 2 rings (SSSR count). The minimum Gasteiger partial charge on any atom is -0.481 e. The first kappa shape index (κ1) is 14.9. The average Bonchev–Trinajstić information content (AvgIpc) is 2.93. The Hall–Kier alpha value is -1.51. The predicted octanol–water partition coefficient (Wildman–Crippen LogP) is 2.38. The molecule has 1 aromatic rings. The molecule has 110 valence electrons. The van der Waals surface area contributed by atoms with E-state index in [1.54, 1.807) is 0 Å². The quantitative estimate of drug-likeness (QED) is 0.884. The average molecular weight is 356 g/mol. The van der Waals surface area contributed by atoms with E-state index in [0.29, 0.717) is 0 Å². The van der Waals surface area contributed by atoms with Crippen molar-refractivity contribution in [2.45, 2.75) is 6.18 Å². The van der Waals surface area contributed by atoms with Gasteiger partial charge in [0.1, 0.15) is 6.26 Å². The van der Waals surface area contributed by atoms with E-state index in [1.165, 1.54) is 6.07 Å². The molecule has 1 fully saturated rings. The molecule has 0 unspecified atom stereocenters. The highest BCUT2D eigenvalue weighted by Gasteiger charge is 2.53. The molecule has 0 aromatic carbocycles. The van der Waals surface area contributed by atoms with E-state index in [1.807, 2.05) is 0 Å². The molecular weight excluding hydrogens is 347 g/mol. The van der Waals surface area contributed by atoms with Gasteiger partial charge in [-0.05, 0) is 15.9 Å². The number of carbonyl (C=O) groups excluding carboxylic acids is 1. The van der Waals surface area contributed by atoms with Gasteiger partial charge in [0, 0.05) is 19.2 Å². The Labute approximate surface area is 119 Å². The third kappa shape index (κ3) is 2.82. The third-order valence-corrected chi connectivity index (χ3v) is 3.57. The van der Waals surface area contributed by atoms with Gasteiger partial charge in [-0.15, -0.1) is 0 Å². The van der Waals surface area contributed by atoms with Gasteiger partial charge in [-0.3, -0.25) is 9.59 Å². The van der Waals surface area contributed by atoms with Gasteiger partial charge in [0.05, 0.1) is 17.4 Å². The van der Waals surface area contributed by atoms with E-state index >= 15 is 0 Å². The minimum atomic E-state index is -4.66. The molecule has 2 heterocycles. The molecule has 0 bridgehead atoms. The largest absolute Gasteiger partial charge is 0.481 e. The SMILES string of the molecule is O=C(O)[C@@H]1CN(C(=O)c2coc(Br)c2)C[C@H]1C(F)(F)F. The van der Waals surface area contributed by atoms with Crippen molar-refractivity contribution >= 4 is 27.8 Å². The Bertz CT molecular complexity index is 542. The number of likely N-dealkylation sites (tertiary alicyclic amines) is 1. The third-order valence-electron chi connectivity index (χ3n) is 3.16. The van der Waals surface area contributed by atoms with Crippen LogP contribution in [0.4, 0.5) is 13.2 Å². The van der Waals surface area contributed by atoms with Crippen molar-refractivity contribution in [3.05, 3.63) is 22.6 Å². The summed E-state index contributed by atoms with van der Waals surface area (Å²) in [5, 5.41) is 8.86. The van der Waals surface area contributed by atoms with Crippen molar-refractivity contribution in [2.75, 3.05) is 13.1 Å². The number of amides is 1. The van der Waals surface area contributed by atoms with Crippen molar-refractivity contribution < 1.29 is 32.3 Å². The topological polar surface area (TPSA) is 70.8 Å². The maximum absolute atomic E-state index is 12.8. The van der Waals surface area contributed by atoms with Gasteiger partial charge in [-0.25, -0.2) is 0 Å². The molecular formula is C11H9BrF3NO4. The van der Waals surface area contributed by atoms with Crippen LogP contribution in [0, 0.1) is 11.8 Å². The molecule has 20 heavy (non-hydrogen) atoms. The molecule has 0 aliphatic carbocycles. The van der Waals surface area contributed by atoms with Crippen molar-refractivity contribution in [1.82, 2.24) is 4.90 Å². The Balaban J connectivity index is 2.20. The first-order valence-corrected chi connectivity index (χ1v) is 6.32. The zero-order valence-electron chi connectivity index (χ0n) is 9.85. The zero-order chi connectivity index (χ0) is 15.1. The molecule has 9 heteroatoms. The van der Waals surface area contributed by atoms with Gasteiger partial charge >= 0.3 is 12.1 Å². The number of hydrogen-bond acceptors (Lipinski definition) is 3. The number of nitrogens with zero attached hydrogens (tertiary/aromatic N) is 1. The molecule has 1 N–H and O–H groups in total. The standard InChI is InChI=1S/C11H9BrF3NO4/c12-8-1-5(4-20-8)9(17)16-2-6(10(18)19)7(3-16)11(13,14)15/h1,4,6-7H,2-3H2,(H,18,19)/t6-,7-/m1/s1. The minimum absolute atomic E-state index is 0.0730. The monoisotopic (exact) mass is 355 g/mol. The number of carboxylic acid groups (broad SMARTS) is 1. The summed E-state index contributed by atoms with van der Waals surface area (Å²) < 4.78 is 43.5. The van der Waals surface area contributed by atoms with Gasteiger partial charge in [0.2, 0.25) is 0 Å². The van der Waals surface area contributed by atoms with Crippen LogP contribution in [0.3, 0.4) is 0 Å². The summed E-state index contributed by atoms with van der Waals surface area (Å²) in [5.74, 6) is -5.94. The second-order valence-electron chi connectivity index (χ2n) is 4.44. The number of hydrogen-bond donors (Lipinski definition) is 1.